The zero-order chi connectivity index (χ0) is 9.68. The first-order chi connectivity index (χ1) is 6.18. The van der Waals surface area contributed by atoms with E-state index in [4.69, 9.17) is 0 Å². The van der Waals surface area contributed by atoms with Crippen molar-refractivity contribution < 1.29 is 4.79 Å². The molecule has 0 saturated heterocycles. The Kier molecular flexibility index (Phi) is 4.22. The van der Waals surface area contributed by atoms with Gasteiger partial charge in [0, 0.05) is 20.5 Å². The van der Waals surface area contributed by atoms with Gasteiger partial charge in [-0.2, -0.15) is 0 Å². The van der Waals surface area contributed by atoms with E-state index in [0.29, 0.717) is 6.42 Å². The number of hydrazine groups is 1. The van der Waals surface area contributed by atoms with Crippen LogP contribution in [-0.2, 0) is 4.79 Å². The van der Waals surface area contributed by atoms with Crippen LogP contribution in [0, 0.1) is 5.92 Å². The molecule has 1 N–H and O–H groups in total. The van der Waals surface area contributed by atoms with Gasteiger partial charge >= 0.3 is 0 Å². The number of nitrogens with one attached hydrogen (secondary N) is 1. The Balaban J connectivity index is 2.07. The molecule has 0 bridgehead atoms. The summed E-state index contributed by atoms with van der Waals surface area (Å²) < 4.78 is 0. The lowest BCUT2D eigenvalue weighted by Gasteiger charge is -2.13. The zero-order valence-corrected chi connectivity index (χ0v) is 8.68. The molecule has 0 aromatic rings. The molecular formula is C10H20N2O. The average Bonchev–Trinajstić information content (AvgIpc) is 2.51. The third kappa shape index (κ3) is 4.27. The highest BCUT2D eigenvalue weighted by atomic mass is 16.2. The second-order valence-electron chi connectivity index (χ2n) is 4.12. The van der Waals surface area contributed by atoms with Crippen LogP contribution in [0.2, 0.25) is 0 Å². The maximum absolute atomic E-state index is 11.3. The second-order valence-corrected chi connectivity index (χ2v) is 4.12. The first-order valence-corrected chi connectivity index (χ1v) is 5.15. The molecule has 1 saturated carbocycles. The van der Waals surface area contributed by atoms with Crippen molar-refractivity contribution >= 4 is 5.91 Å². The second kappa shape index (κ2) is 5.22. The highest BCUT2D eigenvalue weighted by molar-refractivity contribution is 5.75. The molecule has 1 aliphatic carbocycles. The molecular weight excluding hydrogens is 164 g/mol. The van der Waals surface area contributed by atoms with Crippen molar-refractivity contribution in [2.75, 3.05) is 14.1 Å². The molecule has 1 amide bonds. The molecule has 0 aromatic heterocycles. The largest absolute Gasteiger partial charge is 0.289 e. The minimum Gasteiger partial charge on any atom is -0.289 e. The van der Waals surface area contributed by atoms with Crippen LogP contribution in [0.4, 0.5) is 0 Å². The van der Waals surface area contributed by atoms with Gasteiger partial charge in [0.05, 0.1) is 0 Å². The normalized spacial score (nSPS) is 18.1. The van der Waals surface area contributed by atoms with E-state index < -0.39 is 0 Å². The summed E-state index contributed by atoms with van der Waals surface area (Å²) in [7, 11) is 3.68. The fourth-order valence-electron chi connectivity index (χ4n) is 1.94. The first-order valence-electron chi connectivity index (χ1n) is 5.15. The summed E-state index contributed by atoms with van der Waals surface area (Å²) in [5.41, 5.74) is 2.76. The number of carbonyl (C=O) groups is 1. The van der Waals surface area contributed by atoms with Gasteiger partial charge in [-0.05, 0) is 12.3 Å². The van der Waals surface area contributed by atoms with Crippen molar-refractivity contribution in [2.24, 2.45) is 5.92 Å². The molecule has 3 heteroatoms. The Morgan fingerprint density at radius 1 is 1.38 bits per heavy atom. The maximum atomic E-state index is 11.3. The van der Waals surface area contributed by atoms with Crippen LogP contribution in [0.15, 0.2) is 0 Å². The molecule has 0 aromatic carbocycles. The van der Waals surface area contributed by atoms with Gasteiger partial charge in [-0.3, -0.25) is 10.2 Å². The number of amides is 1. The van der Waals surface area contributed by atoms with Gasteiger partial charge in [0.25, 0.3) is 0 Å². The van der Waals surface area contributed by atoms with Gasteiger partial charge in [0.15, 0.2) is 0 Å². The number of nitrogens with zero attached hydrogens (tertiary/aromatic N) is 1. The lowest BCUT2D eigenvalue weighted by molar-refractivity contribution is -0.125. The van der Waals surface area contributed by atoms with Crippen LogP contribution < -0.4 is 5.43 Å². The van der Waals surface area contributed by atoms with Crippen LogP contribution in [0.5, 0.6) is 0 Å². The Morgan fingerprint density at radius 3 is 2.54 bits per heavy atom. The van der Waals surface area contributed by atoms with Crippen molar-refractivity contribution in [1.29, 1.82) is 0 Å². The van der Waals surface area contributed by atoms with Crippen LogP contribution in [-0.4, -0.2) is 25.0 Å². The van der Waals surface area contributed by atoms with E-state index >= 15 is 0 Å². The minimum absolute atomic E-state index is 0.150. The Morgan fingerprint density at radius 2 is 2.00 bits per heavy atom. The molecule has 1 rings (SSSR count). The van der Waals surface area contributed by atoms with E-state index in [1.165, 1.54) is 25.7 Å². The number of hydrogen-bond acceptors (Lipinski definition) is 2. The van der Waals surface area contributed by atoms with E-state index in [-0.39, 0.29) is 5.91 Å². The molecule has 0 atom stereocenters. The molecule has 0 heterocycles. The minimum atomic E-state index is 0.150. The lowest BCUT2D eigenvalue weighted by atomic mass is 10.0. The van der Waals surface area contributed by atoms with Gasteiger partial charge in [0.1, 0.15) is 0 Å². The number of rotatable bonds is 4. The summed E-state index contributed by atoms with van der Waals surface area (Å²) in [6.45, 7) is 0. The SMILES string of the molecule is CN(C)NC(=O)CCC1CCCC1. The van der Waals surface area contributed by atoms with E-state index in [0.717, 1.165) is 12.3 Å². The summed E-state index contributed by atoms with van der Waals surface area (Å²) in [4.78, 5) is 11.3. The average molecular weight is 184 g/mol. The van der Waals surface area contributed by atoms with E-state index in [9.17, 15) is 4.79 Å². The van der Waals surface area contributed by atoms with Crippen molar-refractivity contribution in [3.8, 4) is 0 Å². The molecule has 1 aliphatic rings. The van der Waals surface area contributed by atoms with Crippen LogP contribution >= 0.6 is 0 Å². The van der Waals surface area contributed by atoms with Crippen molar-refractivity contribution in [3.05, 3.63) is 0 Å². The van der Waals surface area contributed by atoms with Gasteiger partial charge in [-0.25, -0.2) is 5.01 Å². The summed E-state index contributed by atoms with van der Waals surface area (Å²) >= 11 is 0. The summed E-state index contributed by atoms with van der Waals surface area (Å²) in [5, 5.41) is 1.71. The number of hydrogen-bond donors (Lipinski definition) is 1. The van der Waals surface area contributed by atoms with Crippen molar-refractivity contribution in [2.45, 2.75) is 38.5 Å². The number of carbonyl (C=O) groups excluding carboxylic acids is 1. The summed E-state index contributed by atoms with van der Waals surface area (Å²) in [6, 6.07) is 0. The Hall–Kier alpha value is -0.570. The van der Waals surface area contributed by atoms with E-state index in [1.807, 2.05) is 14.1 Å². The third-order valence-corrected chi connectivity index (χ3v) is 2.60. The molecule has 0 aliphatic heterocycles. The monoisotopic (exact) mass is 184 g/mol. The third-order valence-electron chi connectivity index (χ3n) is 2.60. The highest BCUT2D eigenvalue weighted by Crippen LogP contribution is 2.28. The summed E-state index contributed by atoms with van der Waals surface area (Å²) in [5.74, 6) is 0.963. The van der Waals surface area contributed by atoms with Gasteiger partial charge in [0.2, 0.25) is 5.91 Å². The fourth-order valence-corrected chi connectivity index (χ4v) is 1.94. The predicted octanol–water partition coefficient (Wildman–Crippen LogP) is 1.55. The lowest BCUT2D eigenvalue weighted by Crippen LogP contribution is -2.36. The van der Waals surface area contributed by atoms with Gasteiger partial charge in [-0.15, -0.1) is 0 Å². The van der Waals surface area contributed by atoms with Gasteiger partial charge < -0.3 is 0 Å². The van der Waals surface area contributed by atoms with Crippen molar-refractivity contribution in [3.63, 3.8) is 0 Å². The quantitative estimate of drug-likeness (QED) is 0.672. The molecule has 76 valence electrons. The fraction of sp³-hybridized carbons (Fsp3) is 0.900. The van der Waals surface area contributed by atoms with Crippen molar-refractivity contribution in [1.82, 2.24) is 10.4 Å². The van der Waals surface area contributed by atoms with Crippen LogP contribution in [0.3, 0.4) is 0 Å². The summed E-state index contributed by atoms with van der Waals surface area (Å²) in [6.07, 6.45) is 7.13. The molecule has 13 heavy (non-hydrogen) atoms. The molecule has 0 unspecified atom stereocenters. The van der Waals surface area contributed by atoms with Crippen LogP contribution in [0.1, 0.15) is 38.5 Å². The van der Waals surface area contributed by atoms with Crippen LogP contribution in [0.25, 0.3) is 0 Å². The highest BCUT2D eigenvalue weighted by Gasteiger charge is 2.15. The topological polar surface area (TPSA) is 32.3 Å². The smallest absolute Gasteiger partial charge is 0.234 e. The molecule has 0 radical (unpaired) electrons. The maximum Gasteiger partial charge on any atom is 0.234 e. The predicted molar refractivity (Wildman–Crippen MR) is 53.0 cm³/mol. The molecule has 0 spiro atoms. The first kappa shape index (κ1) is 10.5. The molecule has 3 nitrogen and oxygen atoms in total. The van der Waals surface area contributed by atoms with E-state index in [2.05, 4.69) is 5.43 Å². The molecule has 1 fully saturated rings. The standard InChI is InChI=1S/C10H20N2O/c1-12(2)11-10(13)8-7-9-5-3-4-6-9/h9H,3-8H2,1-2H3,(H,11,13). The Labute approximate surface area is 80.5 Å². The van der Waals surface area contributed by atoms with E-state index in [1.54, 1.807) is 5.01 Å². The zero-order valence-electron chi connectivity index (χ0n) is 8.68. The van der Waals surface area contributed by atoms with Gasteiger partial charge in [-0.1, -0.05) is 25.7 Å². The Bertz CT molecular complexity index is 162.